The van der Waals surface area contributed by atoms with Crippen LogP contribution in [0.2, 0.25) is 0 Å². The molecular formula is C25H25FN2O3S. The highest BCUT2D eigenvalue weighted by molar-refractivity contribution is 7.89. The molecule has 166 valence electrons. The van der Waals surface area contributed by atoms with E-state index in [0.717, 1.165) is 29.1 Å². The standard InChI is InChI=1S/C25H25FN2O3S/c26-21-15-13-19(14-16-21)17-28(32(30,31)22-9-2-1-3-10-22)18-25(29)27-24-12-6-8-20-7-4-5-11-23(20)24/h1-5,7,9-11,13-16,24H,6,8,12,17-18H2,(H,27,29)/t24-/m1/s1. The molecule has 1 amide bonds. The van der Waals surface area contributed by atoms with Crippen molar-refractivity contribution in [2.75, 3.05) is 6.54 Å². The number of amides is 1. The van der Waals surface area contributed by atoms with Crippen LogP contribution in [0.25, 0.3) is 0 Å². The van der Waals surface area contributed by atoms with E-state index in [1.54, 1.807) is 18.2 Å². The number of carbonyl (C=O) groups is 1. The van der Waals surface area contributed by atoms with Crippen molar-refractivity contribution in [3.63, 3.8) is 0 Å². The summed E-state index contributed by atoms with van der Waals surface area (Å²) in [6.45, 7) is -0.362. The van der Waals surface area contributed by atoms with Gasteiger partial charge in [0, 0.05) is 6.54 Å². The zero-order valence-electron chi connectivity index (χ0n) is 17.6. The second-order valence-electron chi connectivity index (χ2n) is 7.92. The predicted molar refractivity (Wildman–Crippen MR) is 121 cm³/mol. The fourth-order valence-electron chi connectivity index (χ4n) is 4.06. The molecule has 4 rings (SSSR count). The van der Waals surface area contributed by atoms with Crippen LogP contribution in [0.1, 0.15) is 35.6 Å². The van der Waals surface area contributed by atoms with Gasteiger partial charge in [0.25, 0.3) is 0 Å². The number of halogens is 1. The minimum absolute atomic E-state index is 0.0355. The zero-order chi connectivity index (χ0) is 22.6. The first kappa shape index (κ1) is 22.2. The molecule has 0 radical (unpaired) electrons. The Bertz CT molecular complexity index is 1180. The number of carbonyl (C=O) groups excluding carboxylic acids is 1. The molecule has 1 aliphatic carbocycles. The van der Waals surface area contributed by atoms with Crippen LogP contribution in [0.4, 0.5) is 4.39 Å². The van der Waals surface area contributed by atoms with Gasteiger partial charge in [-0.25, -0.2) is 12.8 Å². The van der Waals surface area contributed by atoms with E-state index >= 15 is 0 Å². The molecule has 0 bridgehead atoms. The third-order valence-corrected chi connectivity index (χ3v) is 7.48. The molecule has 32 heavy (non-hydrogen) atoms. The highest BCUT2D eigenvalue weighted by Gasteiger charge is 2.28. The van der Waals surface area contributed by atoms with E-state index in [4.69, 9.17) is 0 Å². The third-order valence-electron chi connectivity index (χ3n) is 5.68. The number of sulfonamides is 1. The average molecular weight is 453 g/mol. The average Bonchev–Trinajstić information content (AvgIpc) is 2.81. The van der Waals surface area contributed by atoms with Gasteiger partial charge in [-0.1, -0.05) is 54.6 Å². The van der Waals surface area contributed by atoms with Gasteiger partial charge in [0.05, 0.1) is 17.5 Å². The molecule has 0 spiro atoms. The van der Waals surface area contributed by atoms with Gasteiger partial charge in [-0.3, -0.25) is 4.79 Å². The summed E-state index contributed by atoms with van der Waals surface area (Å²) in [7, 11) is -3.93. The SMILES string of the molecule is O=C(CN(Cc1ccc(F)cc1)S(=O)(=O)c1ccccc1)N[C@@H]1CCCc2ccccc21. The third kappa shape index (κ3) is 5.06. The molecule has 0 heterocycles. The van der Waals surface area contributed by atoms with Crippen LogP contribution in [0.15, 0.2) is 83.8 Å². The maximum atomic E-state index is 13.3. The van der Waals surface area contributed by atoms with Gasteiger partial charge in [-0.15, -0.1) is 0 Å². The Labute approximate surface area is 187 Å². The van der Waals surface area contributed by atoms with E-state index in [1.165, 1.54) is 42.0 Å². The lowest BCUT2D eigenvalue weighted by Crippen LogP contribution is -2.42. The molecule has 1 atom stereocenters. The maximum absolute atomic E-state index is 13.3. The lowest BCUT2D eigenvalue weighted by molar-refractivity contribution is -0.122. The Balaban J connectivity index is 1.56. The quantitative estimate of drug-likeness (QED) is 0.584. The fourth-order valence-corrected chi connectivity index (χ4v) is 5.47. The van der Waals surface area contributed by atoms with Gasteiger partial charge in [-0.2, -0.15) is 4.31 Å². The Morgan fingerprint density at radius 1 is 0.969 bits per heavy atom. The van der Waals surface area contributed by atoms with Crippen LogP contribution >= 0.6 is 0 Å². The second kappa shape index (κ2) is 9.63. The molecule has 3 aromatic rings. The molecule has 0 saturated carbocycles. The molecule has 1 N–H and O–H groups in total. The summed E-state index contributed by atoms with van der Waals surface area (Å²) in [5.41, 5.74) is 2.90. The number of fused-ring (bicyclic) bond motifs is 1. The van der Waals surface area contributed by atoms with Gasteiger partial charge < -0.3 is 5.32 Å². The first-order valence-electron chi connectivity index (χ1n) is 10.6. The lowest BCUT2D eigenvalue weighted by Gasteiger charge is -2.28. The van der Waals surface area contributed by atoms with Crippen molar-refractivity contribution >= 4 is 15.9 Å². The van der Waals surface area contributed by atoms with E-state index in [2.05, 4.69) is 11.4 Å². The van der Waals surface area contributed by atoms with Crippen molar-refractivity contribution in [2.45, 2.75) is 36.7 Å². The van der Waals surface area contributed by atoms with Crippen molar-refractivity contribution in [1.29, 1.82) is 0 Å². The summed E-state index contributed by atoms with van der Waals surface area (Å²) >= 11 is 0. The van der Waals surface area contributed by atoms with Gasteiger partial charge >= 0.3 is 0 Å². The van der Waals surface area contributed by atoms with Crippen LogP contribution in [-0.2, 0) is 27.8 Å². The minimum atomic E-state index is -3.93. The molecule has 5 nitrogen and oxygen atoms in total. The number of hydrogen-bond acceptors (Lipinski definition) is 3. The second-order valence-corrected chi connectivity index (χ2v) is 9.86. The topological polar surface area (TPSA) is 66.5 Å². The van der Waals surface area contributed by atoms with Crippen LogP contribution < -0.4 is 5.32 Å². The van der Waals surface area contributed by atoms with Crippen molar-refractivity contribution in [1.82, 2.24) is 9.62 Å². The summed E-state index contributed by atoms with van der Waals surface area (Å²) in [5.74, 6) is -0.770. The maximum Gasteiger partial charge on any atom is 0.243 e. The molecule has 0 aromatic heterocycles. The number of benzene rings is 3. The van der Waals surface area contributed by atoms with Crippen molar-refractivity contribution < 1.29 is 17.6 Å². The van der Waals surface area contributed by atoms with Crippen molar-refractivity contribution in [3.05, 3.63) is 101 Å². The lowest BCUT2D eigenvalue weighted by atomic mass is 9.88. The minimum Gasteiger partial charge on any atom is -0.348 e. The smallest absolute Gasteiger partial charge is 0.243 e. The molecule has 3 aromatic carbocycles. The van der Waals surface area contributed by atoms with E-state index < -0.39 is 15.8 Å². The van der Waals surface area contributed by atoms with Crippen LogP contribution in [0, 0.1) is 5.82 Å². The highest BCUT2D eigenvalue weighted by Crippen LogP contribution is 2.29. The van der Waals surface area contributed by atoms with Gasteiger partial charge in [0.2, 0.25) is 15.9 Å². The van der Waals surface area contributed by atoms with Crippen molar-refractivity contribution in [2.24, 2.45) is 0 Å². The number of nitrogens with one attached hydrogen (secondary N) is 1. The van der Waals surface area contributed by atoms with Crippen LogP contribution in [0.3, 0.4) is 0 Å². The molecule has 0 saturated heterocycles. The number of nitrogens with zero attached hydrogens (tertiary/aromatic N) is 1. The molecule has 1 aliphatic rings. The normalized spacial score (nSPS) is 15.9. The Hall–Kier alpha value is -3.03. The van der Waals surface area contributed by atoms with E-state index in [1.807, 2.05) is 18.2 Å². The van der Waals surface area contributed by atoms with E-state index in [0.29, 0.717) is 5.56 Å². The Morgan fingerprint density at radius 3 is 2.41 bits per heavy atom. The summed E-state index contributed by atoms with van der Waals surface area (Å²) in [5, 5.41) is 3.02. The zero-order valence-corrected chi connectivity index (χ0v) is 18.4. The fraction of sp³-hybridized carbons (Fsp3) is 0.240. The summed E-state index contributed by atoms with van der Waals surface area (Å²) in [6.07, 6.45) is 2.75. The monoisotopic (exact) mass is 452 g/mol. The van der Waals surface area contributed by atoms with E-state index in [-0.39, 0.29) is 29.9 Å². The van der Waals surface area contributed by atoms with Gasteiger partial charge in [0.15, 0.2) is 0 Å². The van der Waals surface area contributed by atoms with E-state index in [9.17, 15) is 17.6 Å². The molecule has 0 fully saturated rings. The first-order valence-corrected chi connectivity index (χ1v) is 12.0. The van der Waals surface area contributed by atoms with Crippen LogP contribution in [0.5, 0.6) is 0 Å². The molecule has 7 heteroatoms. The van der Waals surface area contributed by atoms with Crippen molar-refractivity contribution in [3.8, 4) is 0 Å². The van der Waals surface area contributed by atoms with Gasteiger partial charge in [0.1, 0.15) is 5.82 Å². The predicted octanol–water partition coefficient (Wildman–Crippen LogP) is 4.21. The summed E-state index contributed by atoms with van der Waals surface area (Å²) in [4.78, 5) is 13.1. The number of hydrogen-bond donors (Lipinski definition) is 1. The van der Waals surface area contributed by atoms with Crippen LogP contribution in [-0.4, -0.2) is 25.2 Å². The molecular weight excluding hydrogens is 427 g/mol. The molecule has 0 aliphatic heterocycles. The Morgan fingerprint density at radius 2 is 1.66 bits per heavy atom. The summed E-state index contributed by atoms with van der Waals surface area (Å²) < 4.78 is 41.1. The highest BCUT2D eigenvalue weighted by atomic mass is 32.2. The number of aryl methyl sites for hydroxylation is 1. The Kier molecular flexibility index (Phi) is 6.67. The number of rotatable bonds is 7. The van der Waals surface area contributed by atoms with Gasteiger partial charge in [-0.05, 0) is 60.2 Å². The first-order chi connectivity index (χ1) is 15.4. The molecule has 0 unspecified atom stereocenters. The largest absolute Gasteiger partial charge is 0.348 e. The summed E-state index contributed by atoms with van der Waals surface area (Å²) in [6, 6.07) is 21.5.